The van der Waals surface area contributed by atoms with E-state index >= 15 is 0 Å². The van der Waals surface area contributed by atoms with E-state index in [-0.39, 0.29) is 0 Å². The molecule has 0 aromatic carbocycles. The molecule has 2 aliphatic rings. The molecule has 1 aliphatic carbocycles. The van der Waals surface area contributed by atoms with Crippen LogP contribution in [0.1, 0.15) is 44.9 Å². The van der Waals surface area contributed by atoms with Gasteiger partial charge in [0.15, 0.2) is 0 Å². The third kappa shape index (κ3) is 2.71. The predicted octanol–water partition coefficient (Wildman–Crippen LogP) is 2.35. The molecule has 0 spiro atoms. The van der Waals surface area contributed by atoms with Crippen molar-refractivity contribution in [3.05, 3.63) is 0 Å². The Hall–Kier alpha value is -0.0800. The lowest BCUT2D eigenvalue weighted by Gasteiger charge is -2.30. The largest absolute Gasteiger partial charge is 0.396 e. The highest BCUT2D eigenvalue weighted by molar-refractivity contribution is 4.87. The molecule has 1 heterocycles. The van der Waals surface area contributed by atoms with Gasteiger partial charge in [0.1, 0.15) is 0 Å². The van der Waals surface area contributed by atoms with E-state index in [1.165, 1.54) is 38.5 Å². The minimum Gasteiger partial charge on any atom is -0.396 e. The molecular weight excluding hydrogens is 176 g/mol. The summed E-state index contributed by atoms with van der Waals surface area (Å²) in [6.45, 7) is 1.31. The van der Waals surface area contributed by atoms with Crippen molar-refractivity contribution in [2.24, 2.45) is 11.8 Å². The molecule has 0 amide bonds. The summed E-state index contributed by atoms with van der Waals surface area (Å²) in [5, 5.41) is 8.87. The molecular formula is C12H22O2. The van der Waals surface area contributed by atoms with Gasteiger partial charge < -0.3 is 9.84 Å². The lowest BCUT2D eigenvalue weighted by Crippen LogP contribution is -2.29. The highest BCUT2D eigenvalue weighted by Crippen LogP contribution is 2.43. The van der Waals surface area contributed by atoms with Crippen molar-refractivity contribution in [3.63, 3.8) is 0 Å². The van der Waals surface area contributed by atoms with Crippen LogP contribution >= 0.6 is 0 Å². The lowest BCUT2D eigenvalue weighted by molar-refractivity contribution is -0.0306. The Balaban J connectivity index is 1.81. The van der Waals surface area contributed by atoms with Crippen molar-refractivity contribution in [3.8, 4) is 0 Å². The van der Waals surface area contributed by atoms with Gasteiger partial charge in [-0.3, -0.25) is 0 Å². The van der Waals surface area contributed by atoms with Crippen molar-refractivity contribution in [1.82, 2.24) is 0 Å². The van der Waals surface area contributed by atoms with Crippen LogP contribution in [0.2, 0.25) is 0 Å². The second kappa shape index (κ2) is 5.13. The number of aliphatic hydroxyl groups excluding tert-OH is 1. The quantitative estimate of drug-likeness (QED) is 0.735. The smallest absolute Gasteiger partial charge is 0.0605 e. The normalized spacial score (nSPS) is 30.2. The second-order valence-corrected chi connectivity index (χ2v) is 4.77. The summed E-state index contributed by atoms with van der Waals surface area (Å²) in [6, 6.07) is 0. The van der Waals surface area contributed by atoms with E-state index in [2.05, 4.69) is 0 Å². The molecule has 1 N–H and O–H groups in total. The second-order valence-electron chi connectivity index (χ2n) is 4.77. The number of ether oxygens (including phenoxy) is 1. The number of rotatable bonds is 5. The lowest BCUT2D eigenvalue weighted by atomic mass is 9.88. The Morgan fingerprint density at radius 2 is 2.07 bits per heavy atom. The molecule has 0 bridgehead atoms. The zero-order valence-electron chi connectivity index (χ0n) is 8.95. The maximum atomic E-state index is 8.87. The third-order valence-electron chi connectivity index (χ3n) is 3.62. The minimum absolute atomic E-state index is 0.343. The first-order valence-corrected chi connectivity index (χ1v) is 6.14. The van der Waals surface area contributed by atoms with Crippen LogP contribution in [-0.4, -0.2) is 24.4 Å². The SMILES string of the molecule is OCCCC(C1CC1)C1CCCCO1. The van der Waals surface area contributed by atoms with Crippen molar-refractivity contribution in [2.45, 2.75) is 51.0 Å². The summed E-state index contributed by atoms with van der Waals surface area (Å²) in [5.74, 6) is 1.67. The molecule has 0 aromatic heterocycles. The van der Waals surface area contributed by atoms with Gasteiger partial charge in [-0.05, 0) is 56.8 Å². The Kier molecular flexibility index (Phi) is 3.82. The highest BCUT2D eigenvalue weighted by Gasteiger charge is 2.36. The molecule has 2 atom stereocenters. The first-order valence-electron chi connectivity index (χ1n) is 6.14. The van der Waals surface area contributed by atoms with Crippen LogP contribution in [0.25, 0.3) is 0 Å². The maximum absolute atomic E-state index is 8.87. The van der Waals surface area contributed by atoms with E-state index in [1.54, 1.807) is 0 Å². The molecule has 1 saturated heterocycles. The van der Waals surface area contributed by atoms with Gasteiger partial charge in [0.25, 0.3) is 0 Å². The summed E-state index contributed by atoms with van der Waals surface area (Å²) < 4.78 is 5.86. The van der Waals surface area contributed by atoms with Gasteiger partial charge in [-0.25, -0.2) is 0 Å². The minimum atomic E-state index is 0.343. The monoisotopic (exact) mass is 198 g/mol. The molecule has 2 fully saturated rings. The molecule has 1 saturated carbocycles. The Morgan fingerprint density at radius 3 is 2.64 bits per heavy atom. The van der Waals surface area contributed by atoms with E-state index in [4.69, 9.17) is 9.84 Å². The van der Waals surface area contributed by atoms with Crippen LogP contribution < -0.4 is 0 Å². The molecule has 2 nitrogen and oxygen atoms in total. The van der Waals surface area contributed by atoms with E-state index in [0.717, 1.165) is 24.9 Å². The summed E-state index contributed by atoms with van der Waals surface area (Å²) in [6.07, 6.45) is 9.29. The fraction of sp³-hybridized carbons (Fsp3) is 1.00. The van der Waals surface area contributed by atoms with Crippen molar-refractivity contribution in [2.75, 3.05) is 13.2 Å². The standard InChI is InChI=1S/C12H22O2/c13-8-3-4-11(10-6-7-10)12-5-1-2-9-14-12/h10-13H,1-9H2. The van der Waals surface area contributed by atoms with Crippen molar-refractivity contribution in [1.29, 1.82) is 0 Å². The fourth-order valence-electron chi connectivity index (χ4n) is 2.68. The summed E-state index contributed by atoms with van der Waals surface area (Å²) in [4.78, 5) is 0. The molecule has 2 rings (SSSR count). The maximum Gasteiger partial charge on any atom is 0.0605 e. The number of aliphatic hydroxyl groups is 1. The van der Waals surface area contributed by atoms with Crippen LogP contribution in [-0.2, 0) is 4.74 Å². The van der Waals surface area contributed by atoms with Crippen molar-refractivity contribution < 1.29 is 9.84 Å². The van der Waals surface area contributed by atoms with Gasteiger partial charge in [-0.1, -0.05) is 0 Å². The Morgan fingerprint density at radius 1 is 1.21 bits per heavy atom. The summed E-state index contributed by atoms with van der Waals surface area (Å²) >= 11 is 0. The average Bonchev–Trinajstić information content (AvgIpc) is 3.04. The van der Waals surface area contributed by atoms with E-state index in [0.29, 0.717) is 12.7 Å². The topological polar surface area (TPSA) is 29.5 Å². The Labute approximate surface area is 86.6 Å². The van der Waals surface area contributed by atoms with Gasteiger partial charge >= 0.3 is 0 Å². The molecule has 14 heavy (non-hydrogen) atoms. The third-order valence-corrected chi connectivity index (χ3v) is 3.62. The molecule has 1 aliphatic heterocycles. The molecule has 0 radical (unpaired) electrons. The van der Waals surface area contributed by atoms with Crippen LogP contribution in [0.4, 0.5) is 0 Å². The van der Waals surface area contributed by atoms with Crippen LogP contribution in [0, 0.1) is 11.8 Å². The van der Waals surface area contributed by atoms with E-state index < -0.39 is 0 Å². The molecule has 2 unspecified atom stereocenters. The van der Waals surface area contributed by atoms with E-state index in [9.17, 15) is 0 Å². The average molecular weight is 198 g/mol. The number of hydrogen-bond donors (Lipinski definition) is 1. The van der Waals surface area contributed by atoms with Crippen molar-refractivity contribution >= 4 is 0 Å². The zero-order valence-corrected chi connectivity index (χ0v) is 8.95. The molecule has 2 heteroatoms. The zero-order chi connectivity index (χ0) is 9.80. The van der Waals surface area contributed by atoms with E-state index in [1.807, 2.05) is 0 Å². The van der Waals surface area contributed by atoms with Crippen LogP contribution in [0.3, 0.4) is 0 Å². The Bertz CT molecular complexity index is 160. The first-order chi connectivity index (χ1) is 6.92. The van der Waals surface area contributed by atoms with Crippen LogP contribution in [0.5, 0.6) is 0 Å². The summed E-state index contributed by atoms with van der Waals surface area (Å²) in [5.41, 5.74) is 0. The van der Waals surface area contributed by atoms with Crippen LogP contribution in [0.15, 0.2) is 0 Å². The molecule has 0 aromatic rings. The fourth-order valence-corrected chi connectivity index (χ4v) is 2.68. The van der Waals surface area contributed by atoms with Gasteiger partial charge in [-0.15, -0.1) is 0 Å². The predicted molar refractivity (Wildman–Crippen MR) is 56.1 cm³/mol. The van der Waals surface area contributed by atoms with Gasteiger partial charge in [0.05, 0.1) is 6.10 Å². The summed E-state index contributed by atoms with van der Waals surface area (Å²) in [7, 11) is 0. The van der Waals surface area contributed by atoms with Gasteiger partial charge in [-0.2, -0.15) is 0 Å². The van der Waals surface area contributed by atoms with Gasteiger partial charge in [0, 0.05) is 13.2 Å². The molecule has 82 valence electrons. The van der Waals surface area contributed by atoms with Gasteiger partial charge in [0.2, 0.25) is 0 Å². The first kappa shape index (κ1) is 10.4. The highest BCUT2D eigenvalue weighted by atomic mass is 16.5. The number of hydrogen-bond acceptors (Lipinski definition) is 2.